The van der Waals surface area contributed by atoms with Crippen molar-refractivity contribution in [2.24, 2.45) is 0 Å². The van der Waals surface area contributed by atoms with E-state index < -0.39 is 0 Å². The lowest BCUT2D eigenvalue weighted by Crippen LogP contribution is -2.28. The number of urea groups is 1. The van der Waals surface area contributed by atoms with Crippen molar-refractivity contribution in [3.8, 4) is 0 Å². The highest BCUT2D eigenvalue weighted by Gasteiger charge is 2.12. The van der Waals surface area contributed by atoms with Crippen LogP contribution in [0.1, 0.15) is 32.1 Å². The quantitative estimate of drug-likeness (QED) is 0.643. The van der Waals surface area contributed by atoms with Crippen molar-refractivity contribution in [3.63, 3.8) is 0 Å². The fourth-order valence-electron chi connectivity index (χ4n) is 2.11. The third kappa shape index (κ3) is 4.72. The number of anilines is 1. The molecule has 0 bridgehead atoms. The van der Waals surface area contributed by atoms with Crippen LogP contribution < -0.4 is 5.32 Å². The molecule has 6 heteroatoms. The lowest BCUT2D eigenvalue weighted by molar-refractivity contribution is 0.239. The van der Waals surface area contributed by atoms with Crippen LogP contribution in [0.4, 0.5) is 10.6 Å². The molecule has 20 heavy (non-hydrogen) atoms. The van der Waals surface area contributed by atoms with Crippen molar-refractivity contribution in [2.75, 3.05) is 11.9 Å². The van der Waals surface area contributed by atoms with Crippen LogP contribution in [0.3, 0.4) is 0 Å². The third-order valence-electron chi connectivity index (χ3n) is 3.23. The van der Waals surface area contributed by atoms with Crippen molar-refractivity contribution in [1.29, 1.82) is 0 Å². The second-order valence-electron chi connectivity index (χ2n) is 4.77. The van der Waals surface area contributed by atoms with Gasteiger partial charge in [-0.15, -0.1) is 0 Å². The van der Waals surface area contributed by atoms with Crippen LogP contribution in [-0.2, 0) is 0 Å². The van der Waals surface area contributed by atoms with Gasteiger partial charge in [-0.25, -0.2) is 9.78 Å². The first-order valence-corrected chi connectivity index (χ1v) is 7.50. The zero-order chi connectivity index (χ0) is 14.4. The smallest absolute Gasteiger partial charge is 0.291 e. The van der Waals surface area contributed by atoms with Crippen molar-refractivity contribution < 1.29 is 4.79 Å². The Morgan fingerprint density at radius 3 is 2.95 bits per heavy atom. The molecular formula is C14H18ClN3OS. The van der Waals surface area contributed by atoms with Gasteiger partial charge in [0.1, 0.15) is 5.82 Å². The van der Waals surface area contributed by atoms with Crippen molar-refractivity contribution in [3.05, 3.63) is 35.0 Å². The van der Waals surface area contributed by atoms with Crippen LogP contribution >= 0.6 is 24.4 Å². The average Bonchev–Trinajstić information content (AvgIpc) is 2.48. The van der Waals surface area contributed by atoms with E-state index in [9.17, 15) is 4.79 Å². The van der Waals surface area contributed by atoms with E-state index in [1.165, 1.54) is 28.9 Å². The maximum Gasteiger partial charge on any atom is 0.332 e. The Morgan fingerprint density at radius 1 is 1.45 bits per heavy atom. The van der Waals surface area contributed by atoms with Gasteiger partial charge in [0, 0.05) is 12.7 Å². The van der Waals surface area contributed by atoms with Crippen LogP contribution in [-0.4, -0.2) is 21.9 Å². The van der Waals surface area contributed by atoms with E-state index in [-0.39, 0.29) is 6.03 Å². The van der Waals surface area contributed by atoms with Gasteiger partial charge in [-0.2, -0.15) is 0 Å². The summed E-state index contributed by atoms with van der Waals surface area (Å²) in [5.41, 5.74) is 1.42. The predicted molar refractivity (Wildman–Crippen MR) is 85.1 cm³/mol. The van der Waals surface area contributed by atoms with Gasteiger partial charge >= 0.3 is 6.03 Å². The first-order valence-electron chi connectivity index (χ1n) is 6.72. The molecule has 2 rings (SSSR count). The highest BCUT2D eigenvalue weighted by atomic mass is 35.5. The number of carbonyl (C=O) groups is 1. The summed E-state index contributed by atoms with van der Waals surface area (Å²) in [6, 6.07) is 3.06. The van der Waals surface area contributed by atoms with Gasteiger partial charge in [0.25, 0.3) is 0 Å². The summed E-state index contributed by atoms with van der Waals surface area (Å²) < 4.78 is 1.38. The number of thiol groups is 1. The van der Waals surface area contributed by atoms with E-state index in [1.807, 2.05) is 0 Å². The molecule has 0 saturated heterocycles. The van der Waals surface area contributed by atoms with Crippen molar-refractivity contribution in [1.82, 2.24) is 9.29 Å². The molecule has 0 fully saturated rings. The molecule has 1 aromatic rings. The molecule has 0 aromatic carbocycles. The molecule has 4 nitrogen and oxygen atoms in total. The minimum absolute atomic E-state index is 0.278. The fraction of sp³-hybridized carbons (Fsp3) is 0.429. The first kappa shape index (κ1) is 15.2. The van der Waals surface area contributed by atoms with E-state index >= 15 is 0 Å². The van der Waals surface area contributed by atoms with E-state index in [0.717, 1.165) is 19.3 Å². The Hall–Kier alpha value is -1.20. The molecule has 0 spiro atoms. The number of nitrogens with zero attached hydrogens (tertiary/aromatic N) is 2. The number of amides is 2. The van der Waals surface area contributed by atoms with Gasteiger partial charge in [-0.1, -0.05) is 36.1 Å². The number of rotatable bonds is 4. The molecule has 0 aliphatic heterocycles. The second-order valence-corrected chi connectivity index (χ2v) is 5.69. The van der Waals surface area contributed by atoms with Crippen LogP contribution in [0.2, 0.25) is 5.02 Å². The third-order valence-corrected chi connectivity index (χ3v) is 3.83. The fourth-order valence-corrected chi connectivity index (χ4v) is 2.37. The molecule has 0 atom stereocenters. The Balaban J connectivity index is 1.79. The standard InChI is InChI=1S/C14H18ClN3OS/c15-12-6-7-13(16-10-12)17-14(19)18(20)9-8-11-4-2-1-3-5-11/h4,6-7,10,20H,1-3,5,8-9H2,(H,16,17,19). The molecule has 1 N–H and O–H groups in total. The normalized spacial score (nSPS) is 14.6. The summed E-state index contributed by atoms with van der Waals surface area (Å²) in [6.07, 6.45) is 9.47. The van der Waals surface area contributed by atoms with E-state index in [1.54, 1.807) is 12.1 Å². The number of hydrogen-bond acceptors (Lipinski definition) is 3. The summed E-state index contributed by atoms with van der Waals surface area (Å²) in [6.45, 7) is 0.592. The molecule has 1 aromatic heterocycles. The second kappa shape index (κ2) is 7.55. The Bertz CT molecular complexity index is 490. The molecule has 1 aliphatic carbocycles. The van der Waals surface area contributed by atoms with E-state index in [2.05, 4.69) is 29.2 Å². The summed E-state index contributed by atoms with van der Waals surface area (Å²) in [7, 11) is 0. The molecular weight excluding hydrogens is 294 g/mol. The summed E-state index contributed by atoms with van der Waals surface area (Å²) in [5, 5.41) is 3.22. The SMILES string of the molecule is O=C(Nc1ccc(Cl)cn1)N(S)CCC1=CCCCC1. The molecule has 108 valence electrons. The summed E-state index contributed by atoms with van der Waals surface area (Å²) in [4.78, 5) is 15.9. The number of halogens is 1. The van der Waals surface area contributed by atoms with Gasteiger partial charge in [0.05, 0.1) is 5.02 Å². The molecule has 2 amide bonds. The minimum Gasteiger partial charge on any atom is -0.291 e. The molecule has 0 radical (unpaired) electrons. The van der Waals surface area contributed by atoms with Gasteiger partial charge < -0.3 is 0 Å². The molecule has 0 unspecified atom stereocenters. The monoisotopic (exact) mass is 311 g/mol. The summed E-state index contributed by atoms with van der Waals surface area (Å²) >= 11 is 9.95. The summed E-state index contributed by atoms with van der Waals surface area (Å²) in [5.74, 6) is 0.468. The van der Waals surface area contributed by atoms with Crippen LogP contribution in [0.15, 0.2) is 30.0 Å². The number of pyridine rings is 1. The van der Waals surface area contributed by atoms with Crippen LogP contribution in [0, 0.1) is 0 Å². The Morgan fingerprint density at radius 2 is 2.30 bits per heavy atom. The highest BCUT2D eigenvalue weighted by Crippen LogP contribution is 2.20. The Kier molecular flexibility index (Phi) is 5.73. The largest absolute Gasteiger partial charge is 0.332 e. The van der Waals surface area contributed by atoms with Crippen molar-refractivity contribution >= 4 is 36.3 Å². The number of allylic oxidation sites excluding steroid dienone is 1. The lowest BCUT2D eigenvalue weighted by Gasteiger charge is -2.18. The lowest BCUT2D eigenvalue weighted by atomic mass is 9.97. The predicted octanol–water partition coefficient (Wildman–Crippen LogP) is 4.30. The zero-order valence-electron chi connectivity index (χ0n) is 11.2. The zero-order valence-corrected chi connectivity index (χ0v) is 12.8. The number of hydrogen-bond donors (Lipinski definition) is 2. The van der Waals surface area contributed by atoms with E-state index in [4.69, 9.17) is 11.6 Å². The van der Waals surface area contributed by atoms with Crippen LogP contribution in [0.5, 0.6) is 0 Å². The molecule has 1 heterocycles. The van der Waals surface area contributed by atoms with Gasteiger partial charge in [-0.05, 0) is 44.2 Å². The van der Waals surface area contributed by atoms with Gasteiger partial charge in [0.2, 0.25) is 0 Å². The minimum atomic E-state index is -0.278. The number of carbonyl (C=O) groups excluding carboxylic acids is 1. The number of nitrogens with one attached hydrogen (secondary N) is 1. The topological polar surface area (TPSA) is 45.2 Å². The average molecular weight is 312 g/mol. The molecule has 1 aliphatic rings. The van der Waals surface area contributed by atoms with Gasteiger partial charge in [0.15, 0.2) is 0 Å². The Labute approximate surface area is 129 Å². The van der Waals surface area contributed by atoms with E-state index in [0.29, 0.717) is 17.4 Å². The van der Waals surface area contributed by atoms with Crippen molar-refractivity contribution in [2.45, 2.75) is 32.1 Å². The molecule has 0 saturated carbocycles. The van der Waals surface area contributed by atoms with Gasteiger partial charge in [-0.3, -0.25) is 9.62 Å². The first-order chi connectivity index (χ1) is 9.65. The maximum atomic E-state index is 11.9. The maximum absolute atomic E-state index is 11.9. The highest BCUT2D eigenvalue weighted by molar-refractivity contribution is 7.78. The van der Waals surface area contributed by atoms with Crippen LogP contribution in [0.25, 0.3) is 0 Å². The number of aromatic nitrogens is 1.